The van der Waals surface area contributed by atoms with Gasteiger partial charge in [0.1, 0.15) is 0 Å². The molecule has 0 aromatic carbocycles. The topological polar surface area (TPSA) is 92.2 Å². The lowest BCUT2D eigenvalue weighted by Gasteiger charge is -2.22. The van der Waals surface area contributed by atoms with Gasteiger partial charge in [-0.3, -0.25) is 14.3 Å². The number of hydrogen-bond acceptors (Lipinski definition) is 5. The first-order chi connectivity index (χ1) is 10.7. The zero-order chi connectivity index (χ0) is 15.4. The van der Waals surface area contributed by atoms with Crippen LogP contribution in [0.3, 0.4) is 0 Å². The van der Waals surface area contributed by atoms with Crippen molar-refractivity contribution in [2.75, 3.05) is 32.7 Å². The Morgan fingerprint density at radius 2 is 2.27 bits per heavy atom. The van der Waals surface area contributed by atoms with E-state index < -0.39 is 0 Å². The maximum atomic E-state index is 12.4. The number of hydrogen-bond donors (Lipinski definition) is 2. The predicted molar refractivity (Wildman–Crippen MR) is 79.1 cm³/mol. The van der Waals surface area contributed by atoms with E-state index in [2.05, 4.69) is 20.9 Å². The molecule has 8 nitrogen and oxygen atoms in total. The van der Waals surface area contributed by atoms with Crippen LogP contribution in [0.1, 0.15) is 29.8 Å². The van der Waals surface area contributed by atoms with Gasteiger partial charge in [0, 0.05) is 32.6 Å². The van der Waals surface area contributed by atoms with E-state index in [1.54, 1.807) is 15.8 Å². The molecule has 0 saturated carbocycles. The summed E-state index contributed by atoms with van der Waals surface area (Å²) in [7, 11) is 0. The maximum Gasteiger partial charge on any atom is 0.276 e. The molecule has 3 heterocycles. The summed E-state index contributed by atoms with van der Waals surface area (Å²) in [5.41, 5.74) is 0.359. The van der Waals surface area contributed by atoms with Crippen molar-refractivity contribution in [3.63, 3.8) is 0 Å². The second kappa shape index (κ2) is 6.87. The molecule has 3 rings (SSSR count). The van der Waals surface area contributed by atoms with E-state index >= 15 is 0 Å². The van der Waals surface area contributed by atoms with Crippen molar-refractivity contribution >= 4 is 11.8 Å². The van der Waals surface area contributed by atoms with Crippen LogP contribution in [0.2, 0.25) is 0 Å². The van der Waals surface area contributed by atoms with Gasteiger partial charge in [-0.15, -0.1) is 5.10 Å². The number of amides is 2. The second-order valence-corrected chi connectivity index (χ2v) is 5.93. The molecule has 120 valence electrons. The minimum Gasteiger partial charge on any atom is -0.354 e. The largest absolute Gasteiger partial charge is 0.354 e. The normalized spacial score (nSPS) is 23.0. The van der Waals surface area contributed by atoms with E-state index in [-0.39, 0.29) is 11.8 Å². The lowest BCUT2D eigenvalue weighted by Crippen LogP contribution is -2.34. The fraction of sp³-hybridized carbons (Fsp3) is 0.714. The van der Waals surface area contributed by atoms with Crippen molar-refractivity contribution in [1.82, 2.24) is 30.5 Å². The van der Waals surface area contributed by atoms with Gasteiger partial charge in [0.2, 0.25) is 5.91 Å². The molecule has 2 saturated heterocycles. The first-order valence-electron chi connectivity index (χ1n) is 7.89. The van der Waals surface area contributed by atoms with E-state index in [9.17, 15) is 9.59 Å². The summed E-state index contributed by atoms with van der Waals surface area (Å²) in [5, 5.41) is 14.2. The highest BCUT2D eigenvalue weighted by atomic mass is 16.2. The fourth-order valence-corrected chi connectivity index (χ4v) is 2.96. The molecule has 0 spiro atoms. The van der Waals surface area contributed by atoms with Gasteiger partial charge in [0.05, 0.1) is 6.20 Å². The van der Waals surface area contributed by atoms with Crippen LogP contribution in [0.15, 0.2) is 6.20 Å². The summed E-state index contributed by atoms with van der Waals surface area (Å²) in [5.74, 6) is 0.381. The number of aromatic nitrogens is 3. The summed E-state index contributed by atoms with van der Waals surface area (Å²) < 4.78 is 1.76. The van der Waals surface area contributed by atoms with Crippen LogP contribution in [0.25, 0.3) is 0 Å². The smallest absolute Gasteiger partial charge is 0.276 e. The van der Waals surface area contributed by atoms with Crippen molar-refractivity contribution in [3.05, 3.63) is 11.9 Å². The third kappa shape index (κ3) is 3.62. The Labute approximate surface area is 129 Å². The molecular weight excluding hydrogens is 284 g/mol. The van der Waals surface area contributed by atoms with E-state index in [1.807, 2.05) is 0 Å². The molecule has 2 aliphatic rings. The SMILES string of the molecule is O=C1CCN(C(=O)c2cn(C[C@H]3CCCNC3)nn2)CCN1. The van der Waals surface area contributed by atoms with Gasteiger partial charge >= 0.3 is 0 Å². The minimum atomic E-state index is -0.149. The Morgan fingerprint density at radius 1 is 1.36 bits per heavy atom. The van der Waals surface area contributed by atoms with Crippen LogP contribution in [0.4, 0.5) is 0 Å². The van der Waals surface area contributed by atoms with Gasteiger partial charge in [-0.1, -0.05) is 5.21 Å². The predicted octanol–water partition coefficient (Wildman–Crippen LogP) is -0.760. The molecule has 0 aliphatic carbocycles. The molecule has 8 heteroatoms. The van der Waals surface area contributed by atoms with Crippen LogP contribution >= 0.6 is 0 Å². The summed E-state index contributed by atoms with van der Waals surface area (Å²) >= 11 is 0. The summed E-state index contributed by atoms with van der Waals surface area (Å²) in [4.78, 5) is 25.4. The molecule has 0 bridgehead atoms. The van der Waals surface area contributed by atoms with Crippen LogP contribution in [0.5, 0.6) is 0 Å². The highest BCUT2D eigenvalue weighted by Crippen LogP contribution is 2.12. The molecule has 2 N–H and O–H groups in total. The van der Waals surface area contributed by atoms with Gasteiger partial charge in [-0.2, -0.15) is 0 Å². The third-order valence-corrected chi connectivity index (χ3v) is 4.20. The summed E-state index contributed by atoms with van der Waals surface area (Å²) in [6, 6.07) is 0. The van der Waals surface area contributed by atoms with Crippen molar-refractivity contribution in [2.24, 2.45) is 5.92 Å². The van der Waals surface area contributed by atoms with Crippen molar-refractivity contribution in [2.45, 2.75) is 25.8 Å². The first-order valence-corrected chi connectivity index (χ1v) is 7.89. The first kappa shape index (κ1) is 15.0. The van der Waals surface area contributed by atoms with Crippen LogP contribution < -0.4 is 10.6 Å². The number of rotatable bonds is 3. The Balaban J connectivity index is 1.59. The highest BCUT2D eigenvalue weighted by molar-refractivity contribution is 5.92. The number of nitrogens with one attached hydrogen (secondary N) is 2. The van der Waals surface area contributed by atoms with Crippen LogP contribution in [-0.2, 0) is 11.3 Å². The summed E-state index contributed by atoms with van der Waals surface area (Å²) in [6.45, 7) is 4.30. The molecule has 1 atom stereocenters. The number of carbonyl (C=O) groups is 2. The van der Waals surface area contributed by atoms with Gasteiger partial charge in [-0.25, -0.2) is 0 Å². The molecule has 2 fully saturated rings. The third-order valence-electron chi connectivity index (χ3n) is 4.20. The molecule has 1 aromatic rings. The lowest BCUT2D eigenvalue weighted by molar-refractivity contribution is -0.120. The van der Waals surface area contributed by atoms with Gasteiger partial charge < -0.3 is 15.5 Å². The number of piperidine rings is 1. The van der Waals surface area contributed by atoms with E-state index in [0.29, 0.717) is 37.7 Å². The monoisotopic (exact) mass is 306 g/mol. The maximum absolute atomic E-state index is 12.4. The van der Waals surface area contributed by atoms with Gasteiger partial charge in [0.25, 0.3) is 5.91 Å². The summed E-state index contributed by atoms with van der Waals surface area (Å²) in [6.07, 6.45) is 4.42. The molecule has 2 aliphatic heterocycles. The minimum absolute atomic E-state index is 0.0104. The van der Waals surface area contributed by atoms with Crippen molar-refractivity contribution < 1.29 is 9.59 Å². The fourth-order valence-electron chi connectivity index (χ4n) is 2.96. The Bertz CT molecular complexity index is 537. The van der Waals surface area contributed by atoms with E-state index in [4.69, 9.17) is 0 Å². The molecule has 22 heavy (non-hydrogen) atoms. The highest BCUT2D eigenvalue weighted by Gasteiger charge is 2.22. The van der Waals surface area contributed by atoms with Crippen LogP contribution in [-0.4, -0.2) is 64.4 Å². The zero-order valence-electron chi connectivity index (χ0n) is 12.6. The average molecular weight is 306 g/mol. The molecule has 2 amide bonds. The van der Waals surface area contributed by atoms with Gasteiger partial charge in [0.15, 0.2) is 5.69 Å². The Kier molecular flexibility index (Phi) is 4.67. The van der Waals surface area contributed by atoms with Gasteiger partial charge in [-0.05, 0) is 31.8 Å². The Morgan fingerprint density at radius 3 is 3.09 bits per heavy atom. The van der Waals surface area contributed by atoms with Crippen molar-refractivity contribution in [3.8, 4) is 0 Å². The molecule has 1 aromatic heterocycles. The zero-order valence-corrected chi connectivity index (χ0v) is 12.6. The average Bonchev–Trinajstić information content (AvgIpc) is 2.88. The molecule has 0 radical (unpaired) electrons. The lowest BCUT2D eigenvalue weighted by atomic mass is 10.00. The quantitative estimate of drug-likeness (QED) is 0.766. The van der Waals surface area contributed by atoms with Crippen molar-refractivity contribution in [1.29, 1.82) is 0 Å². The van der Waals surface area contributed by atoms with E-state index in [1.165, 1.54) is 12.8 Å². The second-order valence-electron chi connectivity index (χ2n) is 5.93. The van der Waals surface area contributed by atoms with Crippen LogP contribution in [0, 0.1) is 5.92 Å². The standard InChI is InChI=1S/C14H22N6O2/c21-13-3-6-19(7-5-16-13)14(22)12-10-20(18-17-12)9-11-2-1-4-15-8-11/h10-11,15H,1-9H2,(H,16,21)/t11-/m0/s1. The molecular formula is C14H22N6O2. The van der Waals surface area contributed by atoms with E-state index in [0.717, 1.165) is 19.6 Å². The number of nitrogens with zero attached hydrogens (tertiary/aromatic N) is 4. The molecule has 0 unspecified atom stereocenters. The Hall–Kier alpha value is -1.96. The number of carbonyl (C=O) groups excluding carboxylic acids is 2.